The molecule has 0 radical (unpaired) electrons. The number of rotatable bonds is 5. The van der Waals surface area contributed by atoms with Crippen LogP contribution >= 0.6 is 0 Å². The maximum atomic E-state index is 12.7. The Morgan fingerprint density at radius 2 is 1.95 bits per heavy atom. The summed E-state index contributed by atoms with van der Waals surface area (Å²) in [4.78, 5) is 22.5. The third kappa shape index (κ3) is 2.03. The van der Waals surface area contributed by atoms with E-state index in [1.807, 2.05) is 0 Å². The Balaban J connectivity index is 1.98. The van der Waals surface area contributed by atoms with E-state index in [1.165, 1.54) is 6.08 Å². The highest BCUT2D eigenvalue weighted by molar-refractivity contribution is 5.81. The monoisotopic (exact) mass is 293 g/mol. The van der Waals surface area contributed by atoms with E-state index in [1.54, 1.807) is 0 Å². The largest absolute Gasteiger partial charge is 0.480 e. The molecule has 3 rings (SSSR count). The first kappa shape index (κ1) is 14.7. The second-order valence-electron chi connectivity index (χ2n) is 5.47. The minimum Gasteiger partial charge on any atom is -0.480 e. The number of halogens is 3. The normalized spacial score (nSPS) is 32.4. The van der Waals surface area contributed by atoms with Crippen molar-refractivity contribution in [1.82, 2.24) is 5.32 Å². The minimum absolute atomic E-state index is 0.0995. The molecule has 3 aliphatic rings. The minimum atomic E-state index is -4.32. The molecular weight excluding hydrogens is 279 g/mol. The van der Waals surface area contributed by atoms with Gasteiger partial charge in [0.25, 0.3) is 0 Å². The van der Waals surface area contributed by atoms with Crippen molar-refractivity contribution >= 4 is 12.1 Å². The van der Waals surface area contributed by atoms with Crippen molar-refractivity contribution in [1.29, 1.82) is 0 Å². The van der Waals surface area contributed by atoms with Gasteiger partial charge < -0.3 is 15.2 Å². The SMILES string of the molecule is C=CCOC(=O)N[C@H](C(=O)O)C12CC(C(F)(F)F)(C1)C2. The molecule has 1 atom stereocenters. The number of ether oxygens (including phenoxy) is 1. The van der Waals surface area contributed by atoms with Crippen LogP contribution in [-0.2, 0) is 9.53 Å². The summed E-state index contributed by atoms with van der Waals surface area (Å²) in [5.74, 6) is -1.35. The van der Waals surface area contributed by atoms with E-state index in [-0.39, 0.29) is 25.9 Å². The van der Waals surface area contributed by atoms with Crippen LogP contribution in [0.2, 0.25) is 0 Å². The summed E-state index contributed by atoms with van der Waals surface area (Å²) in [6.07, 6.45) is -4.77. The van der Waals surface area contributed by atoms with Gasteiger partial charge in [-0.25, -0.2) is 9.59 Å². The van der Waals surface area contributed by atoms with Gasteiger partial charge in [0.05, 0.1) is 5.41 Å². The molecule has 2 bridgehead atoms. The van der Waals surface area contributed by atoms with Gasteiger partial charge >= 0.3 is 18.2 Å². The zero-order valence-corrected chi connectivity index (χ0v) is 10.5. The van der Waals surface area contributed by atoms with Crippen LogP contribution in [0, 0.1) is 10.8 Å². The van der Waals surface area contributed by atoms with Crippen LogP contribution in [0.1, 0.15) is 19.3 Å². The summed E-state index contributed by atoms with van der Waals surface area (Å²) in [6.45, 7) is 3.22. The lowest BCUT2D eigenvalue weighted by atomic mass is 9.33. The number of hydrogen-bond donors (Lipinski definition) is 2. The molecule has 8 heteroatoms. The number of nitrogens with one attached hydrogen (secondary N) is 1. The first-order chi connectivity index (χ1) is 9.16. The van der Waals surface area contributed by atoms with Gasteiger partial charge in [-0.05, 0) is 19.3 Å². The third-order valence-electron chi connectivity index (χ3n) is 4.13. The Kier molecular flexibility index (Phi) is 3.22. The lowest BCUT2D eigenvalue weighted by molar-refractivity contribution is -0.367. The lowest BCUT2D eigenvalue weighted by Gasteiger charge is -2.71. The molecule has 0 aromatic rings. The number of hydrogen-bond acceptors (Lipinski definition) is 3. The molecule has 0 unspecified atom stereocenters. The smallest absolute Gasteiger partial charge is 0.408 e. The van der Waals surface area contributed by atoms with Crippen molar-refractivity contribution in [2.75, 3.05) is 6.61 Å². The molecule has 0 aromatic carbocycles. The first-order valence-electron chi connectivity index (χ1n) is 6.00. The van der Waals surface area contributed by atoms with Crippen molar-refractivity contribution in [3.05, 3.63) is 12.7 Å². The van der Waals surface area contributed by atoms with E-state index >= 15 is 0 Å². The zero-order chi connectivity index (χ0) is 15.2. The van der Waals surface area contributed by atoms with Crippen molar-refractivity contribution in [3.8, 4) is 0 Å². The Morgan fingerprint density at radius 3 is 2.35 bits per heavy atom. The van der Waals surface area contributed by atoms with Gasteiger partial charge in [-0.1, -0.05) is 12.7 Å². The molecular formula is C12H14F3NO4. The molecule has 3 fully saturated rings. The average Bonchev–Trinajstić information content (AvgIpc) is 2.18. The predicted octanol–water partition coefficient (Wildman–Crippen LogP) is 2.08. The molecule has 112 valence electrons. The highest BCUT2D eigenvalue weighted by Gasteiger charge is 2.81. The van der Waals surface area contributed by atoms with Crippen LogP contribution in [0.4, 0.5) is 18.0 Å². The Labute approximate surface area is 112 Å². The summed E-state index contributed by atoms with van der Waals surface area (Å²) < 4.78 is 42.7. The van der Waals surface area contributed by atoms with Gasteiger partial charge in [-0.2, -0.15) is 13.2 Å². The summed E-state index contributed by atoms with van der Waals surface area (Å²) >= 11 is 0. The van der Waals surface area contributed by atoms with Gasteiger partial charge in [0.1, 0.15) is 12.6 Å². The van der Waals surface area contributed by atoms with Crippen molar-refractivity contribution in [2.45, 2.75) is 31.5 Å². The molecule has 0 spiro atoms. The Bertz CT molecular complexity index is 440. The topological polar surface area (TPSA) is 75.6 Å². The number of alkyl carbamates (subject to hydrolysis) is 1. The Hall–Kier alpha value is -1.73. The number of carbonyl (C=O) groups excluding carboxylic acids is 1. The fourth-order valence-corrected chi connectivity index (χ4v) is 3.24. The molecule has 3 saturated carbocycles. The van der Waals surface area contributed by atoms with Crippen molar-refractivity contribution < 1.29 is 32.6 Å². The van der Waals surface area contributed by atoms with Crippen molar-refractivity contribution in [2.24, 2.45) is 10.8 Å². The summed E-state index contributed by atoms with van der Waals surface area (Å²) in [5.41, 5.74) is -2.76. The van der Waals surface area contributed by atoms with E-state index in [2.05, 4.69) is 16.6 Å². The maximum absolute atomic E-state index is 12.7. The second-order valence-corrected chi connectivity index (χ2v) is 5.47. The van der Waals surface area contributed by atoms with Crippen LogP contribution in [0.25, 0.3) is 0 Å². The van der Waals surface area contributed by atoms with Crippen LogP contribution in [0.5, 0.6) is 0 Å². The van der Waals surface area contributed by atoms with Gasteiger partial charge in [0.2, 0.25) is 0 Å². The number of alkyl halides is 3. The molecule has 20 heavy (non-hydrogen) atoms. The molecule has 0 aliphatic heterocycles. The maximum Gasteiger partial charge on any atom is 0.408 e. The number of carbonyl (C=O) groups is 2. The molecule has 0 heterocycles. The predicted molar refractivity (Wildman–Crippen MR) is 60.9 cm³/mol. The summed E-state index contributed by atoms with van der Waals surface area (Å²) in [7, 11) is 0. The molecule has 3 aliphatic carbocycles. The van der Waals surface area contributed by atoms with Crippen LogP contribution in [0.3, 0.4) is 0 Å². The molecule has 0 aromatic heterocycles. The van der Waals surface area contributed by atoms with Gasteiger partial charge in [-0.15, -0.1) is 0 Å². The summed E-state index contributed by atoms with van der Waals surface area (Å²) in [6, 6.07) is -1.36. The second kappa shape index (κ2) is 4.39. The van der Waals surface area contributed by atoms with E-state index < -0.39 is 35.1 Å². The number of aliphatic carboxylic acids is 1. The highest BCUT2D eigenvalue weighted by Crippen LogP contribution is 2.79. The van der Waals surface area contributed by atoms with Gasteiger partial charge in [0, 0.05) is 5.41 Å². The molecule has 0 saturated heterocycles. The molecule has 5 nitrogen and oxygen atoms in total. The zero-order valence-electron chi connectivity index (χ0n) is 10.5. The Morgan fingerprint density at radius 1 is 1.40 bits per heavy atom. The standard InChI is InChI=1S/C12H14F3NO4/c1-2-3-20-9(19)16-7(8(17)18)10-4-11(5-10,6-10)12(13,14)15/h2,7H,1,3-6H2,(H,16,19)(H,17,18)/t7-,10?,11?/m1/s1. The third-order valence-corrected chi connectivity index (χ3v) is 4.13. The van der Waals surface area contributed by atoms with Crippen molar-refractivity contribution in [3.63, 3.8) is 0 Å². The van der Waals surface area contributed by atoms with E-state index in [9.17, 15) is 22.8 Å². The van der Waals surface area contributed by atoms with E-state index in [0.717, 1.165) is 0 Å². The fraction of sp³-hybridized carbons (Fsp3) is 0.667. The van der Waals surface area contributed by atoms with Gasteiger partial charge in [-0.3, -0.25) is 0 Å². The van der Waals surface area contributed by atoms with Crippen LogP contribution in [-0.4, -0.2) is 36.0 Å². The fourth-order valence-electron chi connectivity index (χ4n) is 3.24. The van der Waals surface area contributed by atoms with E-state index in [4.69, 9.17) is 5.11 Å². The number of amides is 1. The molecule has 2 N–H and O–H groups in total. The lowest BCUT2D eigenvalue weighted by Crippen LogP contribution is -2.75. The first-order valence-corrected chi connectivity index (χ1v) is 6.00. The highest BCUT2D eigenvalue weighted by atomic mass is 19.4. The number of carboxylic acid groups (broad SMARTS) is 1. The molecule has 1 amide bonds. The van der Waals surface area contributed by atoms with Crippen LogP contribution < -0.4 is 5.32 Å². The van der Waals surface area contributed by atoms with Gasteiger partial charge in [0.15, 0.2) is 0 Å². The quantitative estimate of drug-likeness (QED) is 0.761. The summed E-state index contributed by atoms with van der Waals surface area (Å²) in [5, 5.41) is 11.2. The van der Waals surface area contributed by atoms with E-state index in [0.29, 0.717) is 0 Å². The van der Waals surface area contributed by atoms with Crippen LogP contribution in [0.15, 0.2) is 12.7 Å². The number of carboxylic acids is 1. The average molecular weight is 293 g/mol.